The van der Waals surface area contributed by atoms with Crippen LogP contribution in [0.4, 0.5) is 5.69 Å². The maximum absolute atomic E-state index is 9.06. The largest absolute Gasteiger partial charge is 0.344 e. The summed E-state index contributed by atoms with van der Waals surface area (Å²) in [6, 6.07) is 8.62. The smallest absolute Gasteiger partial charge is 0.134 e. The molecule has 1 aromatic carbocycles. The Labute approximate surface area is 103 Å². The molecule has 0 aliphatic carbocycles. The van der Waals surface area contributed by atoms with Crippen LogP contribution in [0.1, 0.15) is 18.1 Å². The molecule has 0 radical (unpaired) electrons. The Kier molecular flexibility index (Phi) is 2.81. The molecule has 0 fully saturated rings. The summed E-state index contributed by atoms with van der Waals surface area (Å²) in [6.07, 6.45) is 2.11. The molecule has 0 spiro atoms. The topological polar surface area (TPSA) is 30.3 Å². The van der Waals surface area contributed by atoms with E-state index in [-0.39, 0.29) is 6.17 Å². The summed E-state index contributed by atoms with van der Waals surface area (Å²) in [5.74, 6) is 0. The maximum Gasteiger partial charge on any atom is 0.134 e. The Morgan fingerprint density at radius 1 is 1.29 bits per heavy atom. The van der Waals surface area contributed by atoms with Crippen molar-refractivity contribution in [1.29, 1.82) is 5.26 Å². The first-order chi connectivity index (χ1) is 8.04. The lowest BCUT2D eigenvalue weighted by atomic mass is 10.1. The lowest BCUT2D eigenvalue weighted by Crippen LogP contribution is -2.34. The third-order valence-electron chi connectivity index (χ3n) is 3.36. The van der Waals surface area contributed by atoms with E-state index in [1.165, 1.54) is 16.8 Å². The lowest BCUT2D eigenvalue weighted by Gasteiger charge is -2.28. The molecule has 0 saturated carbocycles. The fraction of sp³-hybridized carbons (Fsp3) is 0.357. The number of allylic oxidation sites excluding steroid dienone is 1. The average Bonchev–Trinajstić information content (AvgIpc) is 2.59. The summed E-state index contributed by atoms with van der Waals surface area (Å²) in [5.41, 5.74) is 4.35. The van der Waals surface area contributed by atoms with E-state index in [4.69, 9.17) is 5.26 Å². The van der Waals surface area contributed by atoms with Crippen molar-refractivity contribution in [1.82, 2.24) is 4.90 Å². The highest BCUT2D eigenvalue weighted by Crippen LogP contribution is 2.30. The molecule has 88 valence electrons. The molecule has 17 heavy (non-hydrogen) atoms. The van der Waals surface area contributed by atoms with Gasteiger partial charge in [0.2, 0.25) is 0 Å². The molecule has 0 N–H and O–H groups in total. The van der Waals surface area contributed by atoms with Gasteiger partial charge in [-0.25, -0.2) is 0 Å². The van der Waals surface area contributed by atoms with Crippen molar-refractivity contribution in [2.75, 3.05) is 11.9 Å². The Morgan fingerprint density at radius 3 is 2.59 bits per heavy atom. The molecule has 0 saturated heterocycles. The van der Waals surface area contributed by atoms with Crippen molar-refractivity contribution in [2.24, 2.45) is 0 Å². The SMILES string of the molecule is Cc1ccc(C)c(N2C=C(C#N)N(C)[C@@H]2C)c1. The van der Waals surface area contributed by atoms with Crippen LogP contribution in [-0.2, 0) is 0 Å². The molecule has 0 unspecified atom stereocenters. The maximum atomic E-state index is 9.06. The van der Waals surface area contributed by atoms with Crippen molar-refractivity contribution in [3.63, 3.8) is 0 Å². The average molecular weight is 227 g/mol. The molecule has 2 rings (SSSR count). The van der Waals surface area contributed by atoms with Crippen LogP contribution < -0.4 is 4.90 Å². The van der Waals surface area contributed by atoms with Gasteiger partial charge in [-0.05, 0) is 38.0 Å². The first-order valence-corrected chi connectivity index (χ1v) is 5.75. The Balaban J connectivity index is 2.45. The second kappa shape index (κ2) is 4.14. The quantitative estimate of drug-likeness (QED) is 0.739. The molecule has 1 aliphatic heterocycles. The number of hydrogen-bond acceptors (Lipinski definition) is 3. The van der Waals surface area contributed by atoms with Gasteiger partial charge in [0.25, 0.3) is 0 Å². The van der Waals surface area contributed by atoms with Gasteiger partial charge in [0.1, 0.15) is 17.9 Å². The molecule has 1 aliphatic rings. The standard InChI is InChI=1S/C14H17N3/c1-10-5-6-11(2)14(7-10)17-9-13(8-15)16(4)12(17)3/h5-7,9,12H,1-4H3/t12-/m0/s1. The highest BCUT2D eigenvalue weighted by molar-refractivity contribution is 5.60. The number of nitrogens with zero attached hydrogens (tertiary/aromatic N) is 3. The van der Waals surface area contributed by atoms with Crippen molar-refractivity contribution in [2.45, 2.75) is 26.9 Å². The van der Waals surface area contributed by atoms with Gasteiger partial charge in [-0.1, -0.05) is 12.1 Å². The minimum absolute atomic E-state index is 0.185. The van der Waals surface area contributed by atoms with Crippen LogP contribution in [0.2, 0.25) is 0 Å². The molecule has 1 atom stereocenters. The molecule has 3 nitrogen and oxygen atoms in total. The molecule has 1 aromatic rings. The van der Waals surface area contributed by atoms with Crippen LogP contribution in [0.5, 0.6) is 0 Å². The van der Waals surface area contributed by atoms with Crippen LogP contribution >= 0.6 is 0 Å². The summed E-state index contributed by atoms with van der Waals surface area (Å²) in [4.78, 5) is 4.14. The van der Waals surface area contributed by atoms with E-state index < -0.39 is 0 Å². The van der Waals surface area contributed by atoms with E-state index in [9.17, 15) is 0 Å². The molecule has 1 heterocycles. The van der Waals surface area contributed by atoms with Crippen molar-refractivity contribution in [3.8, 4) is 6.07 Å². The summed E-state index contributed by atoms with van der Waals surface area (Å²) in [7, 11) is 1.95. The number of nitriles is 1. The van der Waals surface area contributed by atoms with Gasteiger partial charge in [0, 0.05) is 18.9 Å². The molecule has 3 heteroatoms. The molecular weight excluding hydrogens is 210 g/mol. The zero-order chi connectivity index (χ0) is 12.6. The fourth-order valence-electron chi connectivity index (χ4n) is 2.09. The van der Waals surface area contributed by atoms with E-state index in [0.717, 1.165) is 0 Å². The number of hydrogen-bond donors (Lipinski definition) is 0. The zero-order valence-electron chi connectivity index (χ0n) is 10.7. The van der Waals surface area contributed by atoms with E-state index >= 15 is 0 Å². The minimum atomic E-state index is 0.185. The first kappa shape index (κ1) is 11.5. The van der Waals surface area contributed by atoms with Crippen LogP contribution in [0.3, 0.4) is 0 Å². The van der Waals surface area contributed by atoms with Gasteiger partial charge in [-0.2, -0.15) is 5.26 Å². The number of benzene rings is 1. The first-order valence-electron chi connectivity index (χ1n) is 5.75. The third kappa shape index (κ3) is 1.87. The van der Waals surface area contributed by atoms with Crippen LogP contribution in [-0.4, -0.2) is 18.1 Å². The van der Waals surface area contributed by atoms with Crippen LogP contribution in [0.25, 0.3) is 0 Å². The predicted molar refractivity (Wildman–Crippen MR) is 69.3 cm³/mol. The van der Waals surface area contributed by atoms with E-state index in [1.807, 2.05) is 18.1 Å². The summed E-state index contributed by atoms with van der Waals surface area (Å²) < 4.78 is 0. The zero-order valence-corrected chi connectivity index (χ0v) is 10.7. The van der Waals surface area contributed by atoms with E-state index in [2.05, 4.69) is 49.9 Å². The second-order valence-electron chi connectivity index (χ2n) is 4.57. The Morgan fingerprint density at radius 2 is 2.00 bits per heavy atom. The Bertz CT molecular complexity index is 511. The monoisotopic (exact) mass is 227 g/mol. The highest BCUT2D eigenvalue weighted by atomic mass is 15.4. The minimum Gasteiger partial charge on any atom is -0.344 e. The van der Waals surface area contributed by atoms with Gasteiger partial charge in [-0.3, -0.25) is 0 Å². The van der Waals surface area contributed by atoms with E-state index in [0.29, 0.717) is 5.70 Å². The van der Waals surface area contributed by atoms with Gasteiger partial charge >= 0.3 is 0 Å². The number of aryl methyl sites for hydroxylation is 2. The fourth-order valence-corrected chi connectivity index (χ4v) is 2.09. The number of rotatable bonds is 1. The highest BCUT2D eigenvalue weighted by Gasteiger charge is 2.27. The molecule has 0 bridgehead atoms. The summed E-state index contributed by atoms with van der Waals surface area (Å²) >= 11 is 0. The van der Waals surface area contributed by atoms with Crippen molar-refractivity contribution in [3.05, 3.63) is 41.2 Å². The van der Waals surface area contributed by atoms with Gasteiger partial charge in [0.15, 0.2) is 0 Å². The molecule has 0 aromatic heterocycles. The number of anilines is 1. The normalized spacial score (nSPS) is 19.2. The van der Waals surface area contributed by atoms with Crippen molar-refractivity contribution >= 4 is 5.69 Å². The van der Waals surface area contributed by atoms with Crippen LogP contribution in [0, 0.1) is 25.2 Å². The van der Waals surface area contributed by atoms with Gasteiger partial charge in [0.05, 0.1) is 0 Å². The molecular formula is C14H17N3. The third-order valence-corrected chi connectivity index (χ3v) is 3.36. The van der Waals surface area contributed by atoms with Crippen molar-refractivity contribution < 1.29 is 0 Å². The Hall–Kier alpha value is -1.95. The second-order valence-corrected chi connectivity index (χ2v) is 4.57. The predicted octanol–water partition coefficient (Wildman–Crippen LogP) is 2.77. The van der Waals surface area contributed by atoms with Gasteiger partial charge < -0.3 is 9.80 Å². The summed E-state index contributed by atoms with van der Waals surface area (Å²) in [6.45, 7) is 6.28. The summed E-state index contributed by atoms with van der Waals surface area (Å²) in [5, 5.41) is 9.06. The van der Waals surface area contributed by atoms with E-state index in [1.54, 1.807) is 0 Å². The van der Waals surface area contributed by atoms with Crippen LogP contribution in [0.15, 0.2) is 30.1 Å². The lowest BCUT2D eigenvalue weighted by molar-refractivity contribution is 0.367. The van der Waals surface area contributed by atoms with Gasteiger partial charge in [-0.15, -0.1) is 0 Å². The molecule has 0 amide bonds.